The van der Waals surface area contributed by atoms with Gasteiger partial charge in [-0.05, 0) is 26.2 Å². The third-order valence-electron chi connectivity index (χ3n) is 2.51. The van der Waals surface area contributed by atoms with E-state index in [4.69, 9.17) is 5.11 Å². The van der Waals surface area contributed by atoms with E-state index in [9.17, 15) is 14.4 Å². The number of hydrogen-bond acceptors (Lipinski definition) is 3. The lowest BCUT2D eigenvalue weighted by atomic mass is 10.0. The summed E-state index contributed by atoms with van der Waals surface area (Å²) in [7, 11) is 0. The second kappa shape index (κ2) is 8.50. The number of carbonyl (C=O) groups excluding carboxylic acids is 2. The molecule has 0 aromatic carbocycles. The zero-order chi connectivity index (χ0) is 15.0. The summed E-state index contributed by atoms with van der Waals surface area (Å²) in [5.41, 5.74) is 0. The van der Waals surface area contributed by atoms with E-state index in [2.05, 4.69) is 10.6 Å². The monoisotopic (exact) mass is 272 g/mol. The minimum absolute atomic E-state index is 0.0821. The highest BCUT2D eigenvalue weighted by Gasteiger charge is 2.23. The maximum absolute atomic E-state index is 11.6. The first-order valence-corrected chi connectivity index (χ1v) is 6.55. The molecule has 0 aliphatic heterocycles. The van der Waals surface area contributed by atoms with Crippen molar-refractivity contribution in [2.75, 3.05) is 0 Å². The van der Waals surface area contributed by atoms with Crippen LogP contribution in [0.4, 0.5) is 0 Å². The molecule has 6 heteroatoms. The molecule has 0 radical (unpaired) electrons. The molecule has 1 atom stereocenters. The molecule has 0 aliphatic rings. The minimum atomic E-state index is -1.04. The van der Waals surface area contributed by atoms with Gasteiger partial charge < -0.3 is 15.7 Å². The van der Waals surface area contributed by atoms with Crippen LogP contribution in [-0.2, 0) is 14.4 Å². The van der Waals surface area contributed by atoms with E-state index < -0.39 is 12.0 Å². The summed E-state index contributed by atoms with van der Waals surface area (Å²) in [5.74, 6) is -1.65. The number of amides is 2. The van der Waals surface area contributed by atoms with Gasteiger partial charge in [0.25, 0.3) is 0 Å². The van der Waals surface area contributed by atoms with Crippen LogP contribution >= 0.6 is 0 Å². The molecule has 6 nitrogen and oxygen atoms in total. The van der Waals surface area contributed by atoms with E-state index >= 15 is 0 Å². The molecule has 19 heavy (non-hydrogen) atoms. The van der Waals surface area contributed by atoms with Crippen molar-refractivity contribution in [3.63, 3.8) is 0 Å². The van der Waals surface area contributed by atoms with Gasteiger partial charge in [0.15, 0.2) is 0 Å². The summed E-state index contributed by atoms with van der Waals surface area (Å²) in [4.78, 5) is 33.8. The van der Waals surface area contributed by atoms with E-state index in [0.29, 0.717) is 6.42 Å². The largest absolute Gasteiger partial charge is 0.480 e. The molecule has 0 bridgehead atoms. The molecule has 0 rings (SSSR count). The number of nitrogens with one attached hydrogen (secondary N) is 2. The Morgan fingerprint density at radius 1 is 0.947 bits per heavy atom. The van der Waals surface area contributed by atoms with Crippen LogP contribution in [0.1, 0.15) is 47.0 Å². The zero-order valence-corrected chi connectivity index (χ0v) is 12.0. The first-order valence-electron chi connectivity index (χ1n) is 6.55. The van der Waals surface area contributed by atoms with Crippen molar-refractivity contribution in [1.29, 1.82) is 0 Å². The van der Waals surface area contributed by atoms with Crippen molar-refractivity contribution in [3.8, 4) is 0 Å². The van der Waals surface area contributed by atoms with Crippen LogP contribution in [0.2, 0.25) is 0 Å². The number of carbonyl (C=O) groups is 3. The third kappa shape index (κ3) is 8.18. The van der Waals surface area contributed by atoms with Gasteiger partial charge >= 0.3 is 5.97 Å². The smallest absolute Gasteiger partial charge is 0.326 e. The van der Waals surface area contributed by atoms with E-state index in [1.807, 2.05) is 13.8 Å². The van der Waals surface area contributed by atoms with Crippen LogP contribution in [-0.4, -0.2) is 35.0 Å². The fourth-order valence-corrected chi connectivity index (χ4v) is 1.56. The van der Waals surface area contributed by atoms with Gasteiger partial charge in [-0.25, -0.2) is 4.79 Å². The maximum atomic E-state index is 11.6. The van der Waals surface area contributed by atoms with Crippen LogP contribution in [0.25, 0.3) is 0 Å². The summed E-state index contributed by atoms with van der Waals surface area (Å²) in [5, 5.41) is 14.1. The first-order chi connectivity index (χ1) is 8.73. The van der Waals surface area contributed by atoms with Gasteiger partial charge in [-0.3, -0.25) is 9.59 Å². The van der Waals surface area contributed by atoms with Crippen LogP contribution in [0.3, 0.4) is 0 Å². The Morgan fingerprint density at radius 3 is 1.79 bits per heavy atom. The Balaban J connectivity index is 3.99. The Hall–Kier alpha value is -1.59. The summed E-state index contributed by atoms with van der Waals surface area (Å²) in [6.07, 6.45) is 0.835. The van der Waals surface area contributed by atoms with E-state index in [0.717, 1.165) is 0 Å². The standard InChI is InChI=1S/C13H24N2O4/c1-8(2)12(13(18)19)15-11(17)7-5-6-10(16)14-9(3)4/h8-9,12H,5-7H2,1-4H3,(H,14,16)(H,15,17)(H,18,19)/t12-/m0/s1. The SMILES string of the molecule is CC(C)NC(=O)CCCC(=O)N[C@H](C(=O)O)C(C)C. The maximum Gasteiger partial charge on any atom is 0.326 e. The second-order valence-electron chi connectivity index (χ2n) is 5.20. The first kappa shape index (κ1) is 17.4. The van der Waals surface area contributed by atoms with Crippen LogP contribution in [0.5, 0.6) is 0 Å². The lowest BCUT2D eigenvalue weighted by Gasteiger charge is -2.17. The van der Waals surface area contributed by atoms with Crippen molar-refractivity contribution >= 4 is 17.8 Å². The fraction of sp³-hybridized carbons (Fsp3) is 0.769. The van der Waals surface area contributed by atoms with Crippen molar-refractivity contribution in [2.24, 2.45) is 5.92 Å². The molecule has 0 unspecified atom stereocenters. The van der Waals surface area contributed by atoms with Gasteiger partial charge in [-0.1, -0.05) is 13.8 Å². The highest BCUT2D eigenvalue weighted by molar-refractivity contribution is 5.84. The van der Waals surface area contributed by atoms with Crippen molar-refractivity contribution in [2.45, 2.75) is 59.0 Å². The Labute approximate surface area is 113 Å². The summed E-state index contributed by atoms with van der Waals surface area (Å²) in [6.45, 7) is 7.19. The Kier molecular flexibility index (Phi) is 7.79. The van der Waals surface area contributed by atoms with Gasteiger partial charge in [-0.2, -0.15) is 0 Å². The fourth-order valence-electron chi connectivity index (χ4n) is 1.56. The zero-order valence-electron chi connectivity index (χ0n) is 12.0. The molecule has 0 saturated carbocycles. The topological polar surface area (TPSA) is 95.5 Å². The average molecular weight is 272 g/mol. The molecule has 0 aromatic heterocycles. The second-order valence-corrected chi connectivity index (χ2v) is 5.20. The predicted octanol–water partition coefficient (Wildman–Crippen LogP) is 0.907. The lowest BCUT2D eigenvalue weighted by Crippen LogP contribution is -2.44. The molecule has 0 aliphatic carbocycles. The number of aliphatic carboxylic acids is 1. The quantitative estimate of drug-likeness (QED) is 0.612. The minimum Gasteiger partial charge on any atom is -0.480 e. The highest BCUT2D eigenvalue weighted by atomic mass is 16.4. The molecular weight excluding hydrogens is 248 g/mol. The molecule has 0 fully saturated rings. The average Bonchev–Trinajstić information content (AvgIpc) is 2.23. The van der Waals surface area contributed by atoms with Gasteiger partial charge in [0.1, 0.15) is 6.04 Å². The molecular formula is C13H24N2O4. The van der Waals surface area contributed by atoms with Crippen LogP contribution < -0.4 is 10.6 Å². The van der Waals surface area contributed by atoms with Crippen molar-refractivity contribution in [3.05, 3.63) is 0 Å². The Morgan fingerprint density at radius 2 is 1.42 bits per heavy atom. The molecule has 110 valence electrons. The van der Waals surface area contributed by atoms with Gasteiger partial charge in [0.2, 0.25) is 11.8 Å². The van der Waals surface area contributed by atoms with Crippen LogP contribution in [0.15, 0.2) is 0 Å². The van der Waals surface area contributed by atoms with Gasteiger partial charge in [0, 0.05) is 18.9 Å². The van der Waals surface area contributed by atoms with Gasteiger partial charge in [0.05, 0.1) is 0 Å². The molecule has 0 aromatic rings. The summed E-state index contributed by atoms with van der Waals surface area (Å²) in [6, 6.07) is -0.796. The molecule has 0 spiro atoms. The van der Waals surface area contributed by atoms with E-state index in [-0.39, 0.29) is 36.6 Å². The molecule has 2 amide bonds. The molecule has 0 saturated heterocycles. The highest BCUT2D eigenvalue weighted by Crippen LogP contribution is 2.03. The summed E-state index contributed by atoms with van der Waals surface area (Å²) < 4.78 is 0. The van der Waals surface area contributed by atoms with E-state index in [1.165, 1.54) is 0 Å². The predicted molar refractivity (Wildman–Crippen MR) is 71.5 cm³/mol. The van der Waals surface area contributed by atoms with Crippen molar-refractivity contribution < 1.29 is 19.5 Å². The number of carboxylic acid groups (broad SMARTS) is 1. The summed E-state index contributed by atoms with van der Waals surface area (Å²) >= 11 is 0. The molecule has 3 N–H and O–H groups in total. The Bertz CT molecular complexity index is 327. The lowest BCUT2D eigenvalue weighted by molar-refractivity contribution is -0.143. The normalized spacial score (nSPS) is 12.3. The molecule has 0 heterocycles. The van der Waals surface area contributed by atoms with Crippen molar-refractivity contribution in [1.82, 2.24) is 10.6 Å². The van der Waals surface area contributed by atoms with Gasteiger partial charge in [-0.15, -0.1) is 0 Å². The third-order valence-corrected chi connectivity index (χ3v) is 2.51. The number of hydrogen-bond donors (Lipinski definition) is 3. The number of carboxylic acids is 1. The van der Waals surface area contributed by atoms with Crippen LogP contribution in [0, 0.1) is 5.92 Å². The number of rotatable bonds is 8. The van der Waals surface area contributed by atoms with E-state index in [1.54, 1.807) is 13.8 Å².